The second-order valence-electron chi connectivity index (χ2n) is 8.22. The standard InChI is InChI=1S/C24H16ClF3N2O4S/c25-17-7-3-5-15(11-17)13-29-20-10-2-1-9-19(20)23(22(29)32)30(21(31)14-35(23,33)34)18-8-4-6-16(12-18)24(26,27)28/h1-12H,13-14H2. The second kappa shape index (κ2) is 7.82. The molecule has 2 amide bonds. The van der Waals surface area contributed by atoms with Crippen LogP contribution in [-0.2, 0) is 37.0 Å². The van der Waals surface area contributed by atoms with Crippen molar-refractivity contribution in [2.75, 3.05) is 15.6 Å². The van der Waals surface area contributed by atoms with Crippen LogP contribution in [-0.4, -0.2) is 26.0 Å². The van der Waals surface area contributed by atoms with E-state index in [0.717, 1.165) is 12.1 Å². The van der Waals surface area contributed by atoms with Gasteiger partial charge in [0.2, 0.25) is 5.91 Å². The molecule has 5 rings (SSSR count). The van der Waals surface area contributed by atoms with Crippen LogP contribution in [0.25, 0.3) is 0 Å². The lowest BCUT2D eigenvalue weighted by molar-refractivity contribution is -0.137. The van der Waals surface area contributed by atoms with Gasteiger partial charge in [0, 0.05) is 16.3 Å². The van der Waals surface area contributed by atoms with E-state index in [9.17, 15) is 31.2 Å². The third-order valence-electron chi connectivity index (χ3n) is 6.08. The van der Waals surface area contributed by atoms with Crippen LogP contribution in [0.1, 0.15) is 16.7 Å². The number of carbonyl (C=O) groups is 2. The summed E-state index contributed by atoms with van der Waals surface area (Å²) >= 11 is 6.06. The predicted octanol–water partition coefficient (Wildman–Crippen LogP) is 4.52. The molecule has 1 spiro atoms. The monoisotopic (exact) mass is 520 g/mol. The number of hydrogen-bond donors (Lipinski definition) is 0. The van der Waals surface area contributed by atoms with Crippen LogP contribution in [0.3, 0.4) is 0 Å². The van der Waals surface area contributed by atoms with Gasteiger partial charge in [0.1, 0.15) is 5.75 Å². The highest BCUT2D eigenvalue weighted by atomic mass is 35.5. The molecule has 0 aliphatic carbocycles. The maximum atomic E-state index is 14.0. The van der Waals surface area contributed by atoms with Crippen molar-refractivity contribution in [3.05, 3.63) is 94.5 Å². The maximum absolute atomic E-state index is 14.0. The minimum atomic E-state index is -4.74. The van der Waals surface area contributed by atoms with Gasteiger partial charge in [0.05, 0.1) is 17.8 Å². The molecule has 1 saturated heterocycles. The Morgan fingerprint density at radius 2 is 1.66 bits per heavy atom. The first-order valence-corrected chi connectivity index (χ1v) is 12.4. The number of hydrogen-bond acceptors (Lipinski definition) is 4. The molecule has 2 aliphatic heterocycles. The average Bonchev–Trinajstić information content (AvgIpc) is 3.16. The van der Waals surface area contributed by atoms with Crippen molar-refractivity contribution < 1.29 is 31.2 Å². The summed E-state index contributed by atoms with van der Waals surface area (Å²) in [5, 5.41) is 0.409. The zero-order valence-corrected chi connectivity index (χ0v) is 19.4. The smallest absolute Gasteiger partial charge is 0.304 e. The van der Waals surface area contributed by atoms with E-state index in [-0.39, 0.29) is 23.5 Å². The van der Waals surface area contributed by atoms with Crippen LogP contribution in [0.4, 0.5) is 24.5 Å². The van der Waals surface area contributed by atoms with Crippen LogP contribution >= 0.6 is 11.6 Å². The molecule has 1 atom stereocenters. The average molecular weight is 521 g/mol. The Morgan fingerprint density at radius 1 is 0.943 bits per heavy atom. The number of halogens is 4. The zero-order chi connectivity index (χ0) is 25.2. The Bertz CT molecular complexity index is 1490. The molecule has 6 nitrogen and oxygen atoms in total. The zero-order valence-electron chi connectivity index (χ0n) is 17.8. The highest BCUT2D eigenvalue weighted by molar-refractivity contribution is 7.94. The third-order valence-corrected chi connectivity index (χ3v) is 8.42. The minimum Gasteiger partial charge on any atom is -0.304 e. The highest BCUT2D eigenvalue weighted by Gasteiger charge is 2.69. The lowest BCUT2D eigenvalue weighted by Crippen LogP contribution is -2.54. The molecule has 2 heterocycles. The summed E-state index contributed by atoms with van der Waals surface area (Å²) in [6.45, 7) is -0.0572. The van der Waals surface area contributed by atoms with E-state index < -0.39 is 44.0 Å². The van der Waals surface area contributed by atoms with Gasteiger partial charge in [-0.05, 0) is 42.0 Å². The minimum absolute atomic E-state index is 0.00953. The van der Waals surface area contributed by atoms with E-state index in [4.69, 9.17) is 11.6 Å². The van der Waals surface area contributed by atoms with Gasteiger partial charge >= 0.3 is 6.18 Å². The Balaban J connectivity index is 1.73. The van der Waals surface area contributed by atoms with Crippen molar-refractivity contribution >= 4 is 44.6 Å². The molecule has 0 bridgehead atoms. The Kier molecular flexibility index (Phi) is 5.22. The molecule has 0 radical (unpaired) electrons. The molecule has 3 aromatic carbocycles. The summed E-state index contributed by atoms with van der Waals surface area (Å²) in [5.41, 5.74) is -0.552. The number of fused-ring (bicyclic) bond motifs is 2. The van der Waals surface area contributed by atoms with Gasteiger partial charge in [-0.2, -0.15) is 13.2 Å². The number of amides is 2. The molecule has 0 aromatic heterocycles. The summed E-state index contributed by atoms with van der Waals surface area (Å²) in [6, 6.07) is 16.4. The Hall–Kier alpha value is -3.37. The van der Waals surface area contributed by atoms with Crippen molar-refractivity contribution in [3.63, 3.8) is 0 Å². The number of rotatable bonds is 3. The van der Waals surface area contributed by atoms with Gasteiger partial charge in [-0.3, -0.25) is 14.5 Å². The predicted molar refractivity (Wildman–Crippen MR) is 123 cm³/mol. The van der Waals surface area contributed by atoms with Gasteiger partial charge in [-0.25, -0.2) is 8.42 Å². The van der Waals surface area contributed by atoms with Crippen LogP contribution in [0.5, 0.6) is 0 Å². The van der Waals surface area contributed by atoms with Crippen LogP contribution in [0, 0.1) is 0 Å². The fourth-order valence-corrected chi connectivity index (χ4v) is 6.93. The van der Waals surface area contributed by atoms with Crippen LogP contribution < -0.4 is 9.80 Å². The molecule has 180 valence electrons. The molecule has 0 N–H and O–H groups in total. The van der Waals surface area contributed by atoms with Crippen molar-refractivity contribution in [2.24, 2.45) is 0 Å². The fourth-order valence-electron chi connectivity index (χ4n) is 4.69. The first-order valence-electron chi connectivity index (χ1n) is 10.4. The van der Waals surface area contributed by atoms with Crippen LogP contribution in [0.15, 0.2) is 72.8 Å². The summed E-state index contributed by atoms with van der Waals surface area (Å²) in [6.07, 6.45) is -4.74. The van der Waals surface area contributed by atoms with E-state index in [0.29, 0.717) is 21.6 Å². The van der Waals surface area contributed by atoms with Crippen molar-refractivity contribution in [1.82, 2.24) is 0 Å². The van der Waals surface area contributed by atoms with E-state index in [1.807, 2.05) is 0 Å². The first-order chi connectivity index (χ1) is 16.5. The largest absolute Gasteiger partial charge is 0.416 e. The topological polar surface area (TPSA) is 74.8 Å². The number of anilines is 2. The third kappa shape index (κ3) is 3.42. The number of sulfone groups is 1. The van der Waals surface area contributed by atoms with Gasteiger partial charge < -0.3 is 4.90 Å². The van der Waals surface area contributed by atoms with Crippen LogP contribution in [0.2, 0.25) is 5.02 Å². The van der Waals surface area contributed by atoms with Crippen molar-refractivity contribution in [1.29, 1.82) is 0 Å². The van der Waals surface area contributed by atoms with E-state index in [1.165, 1.54) is 29.2 Å². The maximum Gasteiger partial charge on any atom is 0.416 e. The molecule has 3 aromatic rings. The molecular weight excluding hydrogens is 505 g/mol. The summed E-state index contributed by atoms with van der Waals surface area (Å²) in [5.74, 6) is -2.95. The molecule has 2 aliphatic rings. The van der Waals surface area contributed by atoms with Gasteiger partial charge in [-0.15, -0.1) is 0 Å². The van der Waals surface area contributed by atoms with Gasteiger partial charge in [-0.1, -0.05) is 48.0 Å². The van der Waals surface area contributed by atoms with E-state index >= 15 is 0 Å². The molecular formula is C24H16ClF3N2O4S. The fraction of sp³-hybridized carbons (Fsp3) is 0.167. The SMILES string of the molecule is O=C1CS(=O)(=O)C2(C(=O)N(Cc3cccc(Cl)c3)c3ccccc32)N1c1cccc(C(F)(F)F)c1. The molecule has 11 heteroatoms. The van der Waals surface area contributed by atoms with Crippen molar-refractivity contribution in [3.8, 4) is 0 Å². The summed E-state index contributed by atoms with van der Waals surface area (Å²) in [4.78, 5) is 26.4. The first kappa shape index (κ1) is 23.4. The lowest BCUT2D eigenvalue weighted by Gasteiger charge is -2.33. The summed E-state index contributed by atoms with van der Waals surface area (Å²) < 4.78 is 67.3. The normalized spacial score (nSPS) is 21.1. The summed E-state index contributed by atoms with van der Waals surface area (Å²) in [7, 11) is -4.50. The van der Waals surface area contributed by atoms with E-state index in [2.05, 4.69) is 0 Å². The number of alkyl halides is 3. The lowest BCUT2D eigenvalue weighted by atomic mass is 10.0. The second-order valence-corrected chi connectivity index (χ2v) is 10.8. The van der Waals surface area contributed by atoms with Crippen molar-refractivity contribution in [2.45, 2.75) is 17.6 Å². The quantitative estimate of drug-likeness (QED) is 0.509. The number of benzene rings is 3. The molecule has 35 heavy (non-hydrogen) atoms. The number of carbonyl (C=O) groups excluding carboxylic acids is 2. The van der Waals surface area contributed by atoms with E-state index in [1.54, 1.807) is 30.3 Å². The molecule has 1 unspecified atom stereocenters. The molecule has 0 saturated carbocycles. The Morgan fingerprint density at radius 3 is 2.37 bits per heavy atom. The Labute approximate surface area is 203 Å². The number of nitrogens with zero attached hydrogens (tertiary/aromatic N) is 2. The van der Waals surface area contributed by atoms with Gasteiger partial charge in [0.15, 0.2) is 9.84 Å². The highest BCUT2D eigenvalue weighted by Crippen LogP contribution is 2.53. The van der Waals surface area contributed by atoms with Gasteiger partial charge in [0.25, 0.3) is 10.8 Å². The molecule has 1 fully saturated rings. The number of para-hydroxylation sites is 1.